The Morgan fingerprint density at radius 1 is 1.04 bits per heavy atom. The average molecular weight is 400 g/mol. The van der Waals surface area contributed by atoms with Crippen LogP contribution in [-0.2, 0) is 4.79 Å². The molecule has 1 aromatic heterocycles. The number of thiazole rings is 1. The zero-order valence-electron chi connectivity index (χ0n) is 15.1. The van der Waals surface area contributed by atoms with Gasteiger partial charge in [-0.05, 0) is 55.8 Å². The Bertz CT molecular complexity index is 1010. The summed E-state index contributed by atoms with van der Waals surface area (Å²) in [6.07, 6.45) is 0. The summed E-state index contributed by atoms with van der Waals surface area (Å²) in [6.45, 7) is 5.19. The lowest BCUT2D eigenvalue weighted by Gasteiger charge is -2.08. The molecule has 2 amide bonds. The quantitative estimate of drug-likeness (QED) is 0.626. The van der Waals surface area contributed by atoms with E-state index in [2.05, 4.69) is 15.6 Å². The van der Waals surface area contributed by atoms with E-state index in [0.29, 0.717) is 22.1 Å². The lowest BCUT2D eigenvalue weighted by atomic mass is 10.2. The summed E-state index contributed by atoms with van der Waals surface area (Å²) in [5, 5.41) is 6.95. The summed E-state index contributed by atoms with van der Waals surface area (Å²) in [6, 6.07) is 12.7. The van der Waals surface area contributed by atoms with Crippen molar-refractivity contribution in [1.29, 1.82) is 0 Å². The van der Waals surface area contributed by atoms with Crippen molar-refractivity contribution in [2.45, 2.75) is 20.8 Å². The van der Waals surface area contributed by atoms with Gasteiger partial charge in [0.1, 0.15) is 10.7 Å². The minimum Gasteiger partial charge on any atom is -0.326 e. The van der Waals surface area contributed by atoms with Gasteiger partial charge in [-0.1, -0.05) is 17.7 Å². The second kappa shape index (κ2) is 7.90. The Morgan fingerprint density at radius 3 is 2.41 bits per heavy atom. The smallest absolute Gasteiger partial charge is 0.275 e. The van der Waals surface area contributed by atoms with Gasteiger partial charge in [-0.15, -0.1) is 11.3 Å². The van der Waals surface area contributed by atoms with E-state index in [-0.39, 0.29) is 11.8 Å². The monoisotopic (exact) mass is 399 g/mol. The number of benzene rings is 2. The standard InChI is InChI=1S/C20H18ClN3O2S/c1-11-16(21)5-4-6-17(11)23-19(26)18-12(2)27-20(24-18)14-7-9-15(10-8-14)22-13(3)25/h4-10H,1-3H3,(H,22,25)(H,23,26). The molecule has 0 saturated carbocycles. The number of nitrogens with zero attached hydrogens (tertiary/aromatic N) is 1. The highest BCUT2D eigenvalue weighted by Gasteiger charge is 2.17. The number of carbonyl (C=O) groups excluding carboxylic acids is 2. The Labute approximate surface area is 166 Å². The molecule has 0 atom stereocenters. The van der Waals surface area contributed by atoms with Crippen molar-refractivity contribution in [3.05, 3.63) is 63.6 Å². The van der Waals surface area contributed by atoms with Crippen molar-refractivity contribution in [1.82, 2.24) is 4.98 Å². The van der Waals surface area contributed by atoms with Crippen LogP contribution < -0.4 is 10.6 Å². The van der Waals surface area contributed by atoms with E-state index >= 15 is 0 Å². The number of carbonyl (C=O) groups is 2. The van der Waals surface area contributed by atoms with Crippen LogP contribution in [0.4, 0.5) is 11.4 Å². The zero-order valence-corrected chi connectivity index (χ0v) is 16.7. The molecule has 0 spiro atoms. The Kier molecular flexibility index (Phi) is 5.58. The van der Waals surface area contributed by atoms with Crippen LogP contribution in [0.15, 0.2) is 42.5 Å². The molecule has 5 nitrogen and oxygen atoms in total. The number of nitrogens with one attached hydrogen (secondary N) is 2. The van der Waals surface area contributed by atoms with Gasteiger partial charge >= 0.3 is 0 Å². The minimum absolute atomic E-state index is 0.122. The maximum atomic E-state index is 12.7. The van der Waals surface area contributed by atoms with Crippen LogP contribution in [0, 0.1) is 13.8 Å². The van der Waals surface area contributed by atoms with Crippen LogP contribution in [0.2, 0.25) is 5.02 Å². The highest BCUT2D eigenvalue weighted by molar-refractivity contribution is 7.15. The fourth-order valence-electron chi connectivity index (χ4n) is 2.55. The number of halogens is 1. The van der Waals surface area contributed by atoms with E-state index in [1.54, 1.807) is 12.1 Å². The van der Waals surface area contributed by atoms with E-state index in [9.17, 15) is 9.59 Å². The molecular weight excluding hydrogens is 382 g/mol. The highest BCUT2D eigenvalue weighted by Crippen LogP contribution is 2.30. The summed E-state index contributed by atoms with van der Waals surface area (Å²) in [7, 11) is 0. The molecule has 27 heavy (non-hydrogen) atoms. The van der Waals surface area contributed by atoms with Crippen LogP contribution in [0.3, 0.4) is 0 Å². The van der Waals surface area contributed by atoms with Crippen LogP contribution in [-0.4, -0.2) is 16.8 Å². The Morgan fingerprint density at radius 2 is 1.74 bits per heavy atom. The molecule has 138 valence electrons. The third-order valence-electron chi connectivity index (χ3n) is 3.98. The fraction of sp³-hybridized carbons (Fsp3) is 0.150. The number of amides is 2. The van der Waals surface area contributed by atoms with E-state index in [4.69, 9.17) is 11.6 Å². The van der Waals surface area contributed by atoms with E-state index in [0.717, 1.165) is 21.0 Å². The van der Waals surface area contributed by atoms with Crippen LogP contribution in [0.5, 0.6) is 0 Å². The van der Waals surface area contributed by atoms with Gasteiger partial charge < -0.3 is 10.6 Å². The molecule has 0 saturated heterocycles. The SMILES string of the molecule is CC(=O)Nc1ccc(-c2nc(C(=O)Nc3cccc(Cl)c3C)c(C)s2)cc1. The molecule has 0 bridgehead atoms. The maximum absolute atomic E-state index is 12.7. The minimum atomic E-state index is -0.268. The summed E-state index contributed by atoms with van der Waals surface area (Å²) < 4.78 is 0. The van der Waals surface area contributed by atoms with E-state index in [1.807, 2.05) is 44.2 Å². The Balaban J connectivity index is 1.82. The number of hydrogen-bond acceptors (Lipinski definition) is 4. The van der Waals surface area contributed by atoms with Crippen LogP contribution >= 0.6 is 22.9 Å². The van der Waals surface area contributed by atoms with E-state index in [1.165, 1.54) is 18.3 Å². The van der Waals surface area contributed by atoms with Gasteiger partial charge in [0.2, 0.25) is 5.91 Å². The summed E-state index contributed by atoms with van der Waals surface area (Å²) >= 11 is 7.56. The number of rotatable bonds is 4. The molecule has 1 heterocycles. The highest BCUT2D eigenvalue weighted by atomic mass is 35.5. The van der Waals surface area contributed by atoms with Crippen molar-refractivity contribution < 1.29 is 9.59 Å². The number of hydrogen-bond donors (Lipinski definition) is 2. The first kappa shape index (κ1) is 19.1. The maximum Gasteiger partial charge on any atom is 0.275 e. The van der Waals surface area contributed by atoms with Gasteiger partial charge in [-0.2, -0.15) is 0 Å². The van der Waals surface area contributed by atoms with Gasteiger partial charge in [-0.3, -0.25) is 9.59 Å². The molecule has 3 aromatic rings. The largest absolute Gasteiger partial charge is 0.326 e. The molecule has 3 rings (SSSR count). The van der Waals surface area contributed by atoms with E-state index < -0.39 is 0 Å². The number of anilines is 2. The molecule has 0 aliphatic heterocycles. The van der Waals surface area contributed by atoms with Gasteiger partial charge in [0.05, 0.1) is 0 Å². The van der Waals surface area contributed by atoms with Crippen LogP contribution in [0.25, 0.3) is 10.6 Å². The van der Waals surface area contributed by atoms with Crippen molar-refractivity contribution in [3.8, 4) is 10.6 Å². The molecule has 7 heteroatoms. The molecule has 0 unspecified atom stereocenters. The summed E-state index contributed by atoms with van der Waals surface area (Å²) in [4.78, 5) is 29.1. The average Bonchev–Trinajstić information content (AvgIpc) is 3.01. The summed E-state index contributed by atoms with van der Waals surface area (Å²) in [5.41, 5.74) is 3.47. The Hall–Kier alpha value is -2.70. The van der Waals surface area contributed by atoms with Gasteiger partial charge in [-0.25, -0.2) is 4.98 Å². The third-order valence-corrected chi connectivity index (χ3v) is 5.41. The molecular formula is C20H18ClN3O2S. The normalized spacial score (nSPS) is 10.5. The lowest BCUT2D eigenvalue weighted by molar-refractivity contribution is -0.114. The van der Waals surface area contributed by atoms with Crippen molar-refractivity contribution in [3.63, 3.8) is 0 Å². The van der Waals surface area contributed by atoms with Gasteiger partial charge in [0.25, 0.3) is 5.91 Å². The first-order valence-electron chi connectivity index (χ1n) is 8.27. The second-order valence-electron chi connectivity index (χ2n) is 6.05. The second-order valence-corrected chi connectivity index (χ2v) is 7.66. The molecule has 2 N–H and O–H groups in total. The third kappa shape index (κ3) is 4.35. The van der Waals surface area contributed by atoms with Crippen molar-refractivity contribution in [2.75, 3.05) is 10.6 Å². The predicted octanol–water partition coefficient (Wildman–Crippen LogP) is 5.29. The first-order chi connectivity index (χ1) is 12.8. The number of aryl methyl sites for hydroxylation is 1. The molecule has 0 aliphatic rings. The molecule has 0 radical (unpaired) electrons. The van der Waals surface area contributed by atoms with Crippen molar-refractivity contribution in [2.24, 2.45) is 0 Å². The zero-order chi connectivity index (χ0) is 19.6. The molecule has 2 aromatic carbocycles. The lowest BCUT2D eigenvalue weighted by Crippen LogP contribution is -2.14. The first-order valence-corrected chi connectivity index (χ1v) is 9.46. The summed E-state index contributed by atoms with van der Waals surface area (Å²) in [5.74, 6) is -0.390. The predicted molar refractivity (Wildman–Crippen MR) is 111 cm³/mol. The molecule has 0 fully saturated rings. The van der Waals surface area contributed by atoms with Gasteiger partial charge in [0.15, 0.2) is 0 Å². The topological polar surface area (TPSA) is 71.1 Å². The molecule has 0 aliphatic carbocycles. The van der Waals surface area contributed by atoms with Crippen molar-refractivity contribution >= 4 is 46.1 Å². The number of aromatic nitrogens is 1. The van der Waals surface area contributed by atoms with Gasteiger partial charge in [0, 0.05) is 33.8 Å². The van der Waals surface area contributed by atoms with Crippen LogP contribution in [0.1, 0.15) is 27.9 Å². The fourth-order valence-corrected chi connectivity index (χ4v) is 3.64.